The number of hydrogen-bond acceptors (Lipinski definition) is 1. The molecule has 0 saturated carbocycles. The maximum atomic E-state index is 12.7. The summed E-state index contributed by atoms with van der Waals surface area (Å²) in [6.07, 6.45) is -9.06. The van der Waals surface area contributed by atoms with Gasteiger partial charge in [0.25, 0.3) is 0 Å². The summed E-state index contributed by atoms with van der Waals surface area (Å²) in [5, 5.41) is 0. The Morgan fingerprint density at radius 2 is 1.29 bits per heavy atom. The summed E-state index contributed by atoms with van der Waals surface area (Å²) in [7, 11) is 0. The van der Waals surface area contributed by atoms with Gasteiger partial charge in [-0.2, -0.15) is 26.3 Å². The summed E-state index contributed by atoms with van der Waals surface area (Å²) in [4.78, 5) is 3.84. The molecule has 2 rings (SSSR count). The Kier molecular flexibility index (Phi) is 4.01. The van der Waals surface area contributed by atoms with Crippen molar-refractivity contribution < 1.29 is 26.3 Å². The third-order valence-electron chi connectivity index (χ3n) is 2.63. The molecular weight excluding hydrogens is 364 g/mol. The van der Waals surface area contributed by atoms with Crippen LogP contribution in [0.15, 0.2) is 41.0 Å². The van der Waals surface area contributed by atoms with E-state index < -0.39 is 23.5 Å². The molecule has 0 atom stereocenters. The number of pyridine rings is 1. The van der Waals surface area contributed by atoms with Crippen LogP contribution >= 0.6 is 15.9 Å². The Morgan fingerprint density at radius 1 is 0.762 bits per heavy atom. The van der Waals surface area contributed by atoms with Crippen molar-refractivity contribution in [1.29, 1.82) is 0 Å². The standard InChI is InChI=1S/C13H6BrF6N/c14-11-6-9(13(18,19)20)5-10(21-11)7-1-3-8(4-2-7)12(15,16)17/h1-6H. The summed E-state index contributed by atoms with van der Waals surface area (Å²) >= 11 is 2.86. The lowest BCUT2D eigenvalue weighted by Gasteiger charge is -2.10. The van der Waals surface area contributed by atoms with Crippen molar-refractivity contribution in [2.45, 2.75) is 12.4 Å². The highest BCUT2D eigenvalue weighted by Crippen LogP contribution is 2.34. The summed E-state index contributed by atoms with van der Waals surface area (Å²) in [6, 6.07) is 5.34. The molecular formula is C13H6BrF6N. The van der Waals surface area contributed by atoms with E-state index in [-0.39, 0.29) is 15.9 Å². The minimum Gasteiger partial charge on any atom is -0.241 e. The molecule has 0 aliphatic rings. The third kappa shape index (κ3) is 3.75. The van der Waals surface area contributed by atoms with Gasteiger partial charge in [-0.25, -0.2) is 4.98 Å². The minimum atomic E-state index is -4.56. The molecule has 21 heavy (non-hydrogen) atoms. The monoisotopic (exact) mass is 369 g/mol. The second kappa shape index (κ2) is 5.32. The molecule has 0 N–H and O–H groups in total. The van der Waals surface area contributed by atoms with E-state index in [0.29, 0.717) is 0 Å². The highest BCUT2D eigenvalue weighted by Gasteiger charge is 2.32. The van der Waals surface area contributed by atoms with Gasteiger partial charge in [-0.1, -0.05) is 12.1 Å². The van der Waals surface area contributed by atoms with E-state index in [1.165, 1.54) is 0 Å². The maximum absolute atomic E-state index is 12.7. The Morgan fingerprint density at radius 3 is 1.76 bits per heavy atom. The number of benzene rings is 1. The molecule has 1 heterocycles. The number of hydrogen-bond donors (Lipinski definition) is 0. The molecule has 0 saturated heterocycles. The number of rotatable bonds is 1. The Balaban J connectivity index is 2.45. The SMILES string of the molecule is FC(F)(F)c1ccc(-c2cc(C(F)(F)F)cc(Br)n2)cc1. The summed E-state index contributed by atoms with van der Waals surface area (Å²) in [6.45, 7) is 0. The lowest BCUT2D eigenvalue weighted by molar-refractivity contribution is -0.138. The second-order valence-corrected chi connectivity index (χ2v) is 4.95. The highest BCUT2D eigenvalue weighted by molar-refractivity contribution is 9.10. The number of aromatic nitrogens is 1. The Labute approximate surface area is 123 Å². The van der Waals surface area contributed by atoms with Crippen molar-refractivity contribution in [2.24, 2.45) is 0 Å². The first-order valence-electron chi connectivity index (χ1n) is 5.50. The van der Waals surface area contributed by atoms with Crippen LogP contribution in [0.1, 0.15) is 11.1 Å². The number of alkyl halides is 6. The van der Waals surface area contributed by atoms with Crippen molar-refractivity contribution in [3.05, 3.63) is 52.1 Å². The van der Waals surface area contributed by atoms with Crippen molar-refractivity contribution in [3.63, 3.8) is 0 Å². The third-order valence-corrected chi connectivity index (χ3v) is 3.04. The quantitative estimate of drug-likeness (QED) is 0.474. The van der Waals surface area contributed by atoms with Crippen LogP contribution in [0.3, 0.4) is 0 Å². The van der Waals surface area contributed by atoms with Crippen molar-refractivity contribution in [1.82, 2.24) is 4.98 Å². The first-order valence-corrected chi connectivity index (χ1v) is 6.29. The van der Waals surface area contributed by atoms with Gasteiger partial charge in [-0.05, 0) is 40.2 Å². The van der Waals surface area contributed by atoms with Crippen molar-refractivity contribution >= 4 is 15.9 Å². The minimum absolute atomic E-state index is 0.0489. The molecule has 0 spiro atoms. The Hall–Kier alpha value is -1.57. The summed E-state index contributed by atoms with van der Waals surface area (Å²) in [5.41, 5.74) is -1.71. The number of nitrogens with zero attached hydrogens (tertiary/aromatic N) is 1. The first-order chi connectivity index (χ1) is 9.57. The van der Waals surface area contributed by atoms with Crippen LogP contribution in [0, 0.1) is 0 Å². The van der Waals surface area contributed by atoms with Gasteiger partial charge in [0.15, 0.2) is 0 Å². The molecule has 0 bridgehead atoms. The molecule has 0 aliphatic carbocycles. The predicted octanol–water partition coefficient (Wildman–Crippen LogP) is 5.55. The van der Waals surface area contributed by atoms with Crippen LogP contribution in [-0.2, 0) is 12.4 Å². The van der Waals surface area contributed by atoms with Gasteiger partial charge in [-0.3, -0.25) is 0 Å². The molecule has 0 amide bonds. The molecule has 112 valence electrons. The van der Waals surface area contributed by atoms with Crippen LogP contribution in [0.2, 0.25) is 0 Å². The van der Waals surface area contributed by atoms with Crippen molar-refractivity contribution in [2.75, 3.05) is 0 Å². The van der Waals surface area contributed by atoms with Gasteiger partial charge >= 0.3 is 12.4 Å². The topological polar surface area (TPSA) is 12.9 Å². The normalized spacial score (nSPS) is 12.5. The fraction of sp³-hybridized carbons (Fsp3) is 0.154. The molecule has 0 aliphatic heterocycles. The summed E-state index contributed by atoms with van der Waals surface area (Å²) in [5.74, 6) is 0. The van der Waals surface area contributed by atoms with E-state index in [0.717, 1.165) is 36.4 Å². The van der Waals surface area contributed by atoms with E-state index in [1.807, 2.05) is 0 Å². The largest absolute Gasteiger partial charge is 0.416 e. The molecule has 1 aromatic heterocycles. The Bertz CT molecular complexity index is 645. The van der Waals surface area contributed by atoms with Gasteiger partial charge in [-0.15, -0.1) is 0 Å². The van der Waals surface area contributed by atoms with Crippen LogP contribution in [0.25, 0.3) is 11.3 Å². The van der Waals surface area contributed by atoms with Gasteiger partial charge in [0, 0.05) is 5.56 Å². The van der Waals surface area contributed by atoms with Crippen molar-refractivity contribution in [3.8, 4) is 11.3 Å². The van der Waals surface area contributed by atoms with E-state index >= 15 is 0 Å². The lowest BCUT2D eigenvalue weighted by Crippen LogP contribution is -2.06. The van der Waals surface area contributed by atoms with E-state index in [1.54, 1.807) is 0 Å². The summed E-state index contributed by atoms with van der Waals surface area (Å²) < 4.78 is 75.3. The molecule has 8 heteroatoms. The predicted molar refractivity (Wildman–Crippen MR) is 67.4 cm³/mol. The zero-order chi connectivity index (χ0) is 15.8. The van der Waals surface area contributed by atoms with Gasteiger partial charge in [0.1, 0.15) is 4.60 Å². The zero-order valence-electron chi connectivity index (χ0n) is 10.1. The van der Waals surface area contributed by atoms with E-state index in [2.05, 4.69) is 20.9 Å². The molecule has 0 radical (unpaired) electrons. The van der Waals surface area contributed by atoms with Crippen LogP contribution in [0.5, 0.6) is 0 Å². The smallest absolute Gasteiger partial charge is 0.241 e. The van der Waals surface area contributed by atoms with E-state index in [4.69, 9.17) is 0 Å². The van der Waals surface area contributed by atoms with Gasteiger partial charge in [0.05, 0.1) is 16.8 Å². The van der Waals surface area contributed by atoms with Gasteiger partial charge in [0.2, 0.25) is 0 Å². The van der Waals surface area contributed by atoms with E-state index in [9.17, 15) is 26.3 Å². The highest BCUT2D eigenvalue weighted by atomic mass is 79.9. The van der Waals surface area contributed by atoms with Crippen LogP contribution < -0.4 is 0 Å². The maximum Gasteiger partial charge on any atom is 0.416 e. The molecule has 0 fully saturated rings. The fourth-order valence-electron chi connectivity index (χ4n) is 1.64. The van der Waals surface area contributed by atoms with Gasteiger partial charge < -0.3 is 0 Å². The fourth-order valence-corrected chi connectivity index (χ4v) is 2.08. The number of halogens is 7. The average Bonchev–Trinajstić information content (AvgIpc) is 2.36. The van der Waals surface area contributed by atoms with Crippen LogP contribution in [0.4, 0.5) is 26.3 Å². The lowest BCUT2D eigenvalue weighted by atomic mass is 10.1. The molecule has 2 aromatic rings. The second-order valence-electron chi connectivity index (χ2n) is 4.14. The molecule has 1 nitrogen and oxygen atoms in total. The average molecular weight is 370 g/mol. The zero-order valence-corrected chi connectivity index (χ0v) is 11.6. The molecule has 0 unspecified atom stereocenters. The van der Waals surface area contributed by atoms with Crippen LogP contribution in [-0.4, -0.2) is 4.98 Å². The first kappa shape index (κ1) is 15.8. The molecule has 1 aromatic carbocycles.